The molecule has 0 bridgehead atoms. The Morgan fingerprint density at radius 2 is 1.51 bits per heavy atom. The number of hydrogen-bond acceptors (Lipinski definition) is 4. The number of carbonyl (C=O) groups is 1. The standard InChI is InChI=1S/C38H37N3O2/c42-38(34-17-13-32(14-18-34)27-41-23-21-30(22-24-41)25-29-7-2-1-3-8-29)40-39-26-31-15-19-36(20-16-31)43-28-35-11-6-10-33-9-4-5-12-37(33)35/h1-20,26,30H,21-25,27-28H2,(H,40,42)/b39-26-. The van der Waals surface area contributed by atoms with Crippen LogP contribution in [0.5, 0.6) is 5.75 Å². The van der Waals surface area contributed by atoms with Crippen molar-refractivity contribution >= 4 is 22.9 Å². The summed E-state index contributed by atoms with van der Waals surface area (Å²) in [5, 5.41) is 6.56. The molecule has 5 aromatic carbocycles. The first-order valence-electron chi connectivity index (χ1n) is 15.1. The first kappa shape index (κ1) is 28.4. The lowest BCUT2D eigenvalue weighted by atomic mass is 9.90. The van der Waals surface area contributed by atoms with Crippen LogP contribution >= 0.6 is 0 Å². The fraction of sp³-hybridized carbons (Fsp3) is 0.211. The average molecular weight is 568 g/mol. The molecule has 43 heavy (non-hydrogen) atoms. The molecule has 0 aliphatic carbocycles. The summed E-state index contributed by atoms with van der Waals surface area (Å²) in [5.74, 6) is 1.32. The summed E-state index contributed by atoms with van der Waals surface area (Å²) in [4.78, 5) is 15.1. The van der Waals surface area contributed by atoms with Gasteiger partial charge in [0.15, 0.2) is 0 Å². The van der Waals surface area contributed by atoms with Crippen molar-refractivity contribution in [2.24, 2.45) is 11.0 Å². The number of nitrogens with one attached hydrogen (secondary N) is 1. The van der Waals surface area contributed by atoms with E-state index in [-0.39, 0.29) is 5.91 Å². The number of carbonyl (C=O) groups excluding carboxylic acids is 1. The van der Waals surface area contributed by atoms with E-state index in [0.29, 0.717) is 12.2 Å². The molecule has 1 aliphatic heterocycles. The van der Waals surface area contributed by atoms with Crippen LogP contribution in [0.4, 0.5) is 0 Å². The highest BCUT2D eigenvalue weighted by atomic mass is 16.5. The predicted octanol–water partition coefficient (Wildman–Crippen LogP) is 7.64. The van der Waals surface area contributed by atoms with Gasteiger partial charge in [-0.25, -0.2) is 5.43 Å². The Labute approximate surface area is 253 Å². The van der Waals surface area contributed by atoms with Crippen molar-refractivity contribution in [2.75, 3.05) is 13.1 Å². The van der Waals surface area contributed by atoms with E-state index in [1.165, 1.54) is 41.2 Å². The second-order valence-electron chi connectivity index (χ2n) is 11.3. The maximum Gasteiger partial charge on any atom is 0.271 e. The van der Waals surface area contributed by atoms with Gasteiger partial charge >= 0.3 is 0 Å². The molecule has 0 aromatic heterocycles. The summed E-state index contributed by atoms with van der Waals surface area (Å²) in [6.07, 6.45) is 5.28. The lowest BCUT2D eigenvalue weighted by molar-refractivity contribution is 0.0955. The molecule has 1 saturated heterocycles. The number of likely N-dealkylation sites (tertiary alicyclic amines) is 1. The predicted molar refractivity (Wildman–Crippen MR) is 174 cm³/mol. The third-order valence-corrected chi connectivity index (χ3v) is 8.23. The highest BCUT2D eigenvalue weighted by Gasteiger charge is 2.19. The van der Waals surface area contributed by atoms with Gasteiger partial charge in [-0.3, -0.25) is 9.69 Å². The molecule has 0 spiro atoms. The van der Waals surface area contributed by atoms with Crippen LogP contribution in [0, 0.1) is 5.92 Å². The first-order valence-corrected chi connectivity index (χ1v) is 15.1. The van der Waals surface area contributed by atoms with Gasteiger partial charge in [-0.05, 0) is 108 Å². The van der Waals surface area contributed by atoms with Crippen molar-refractivity contribution < 1.29 is 9.53 Å². The molecule has 5 aromatic rings. The maximum absolute atomic E-state index is 12.6. The molecular formula is C38H37N3O2. The Balaban J connectivity index is 0.937. The molecule has 1 aliphatic rings. The number of rotatable bonds is 10. The molecule has 0 unspecified atom stereocenters. The van der Waals surface area contributed by atoms with Crippen molar-refractivity contribution in [2.45, 2.75) is 32.4 Å². The Kier molecular flexibility index (Phi) is 9.21. The Hall–Kier alpha value is -4.74. The average Bonchev–Trinajstić information content (AvgIpc) is 3.06. The minimum Gasteiger partial charge on any atom is -0.489 e. The summed E-state index contributed by atoms with van der Waals surface area (Å²) in [6, 6.07) is 40.9. The number of benzene rings is 5. The molecule has 0 atom stereocenters. The third-order valence-electron chi connectivity index (χ3n) is 8.23. The number of fused-ring (bicyclic) bond motifs is 1. The van der Waals surface area contributed by atoms with Crippen LogP contribution in [0.2, 0.25) is 0 Å². The molecule has 6 rings (SSSR count). The van der Waals surface area contributed by atoms with Crippen LogP contribution in [0.1, 0.15) is 45.5 Å². The van der Waals surface area contributed by atoms with Crippen LogP contribution in [0.3, 0.4) is 0 Å². The van der Waals surface area contributed by atoms with E-state index >= 15 is 0 Å². The second kappa shape index (κ2) is 14.0. The van der Waals surface area contributed by atoms with Crippen molar-refractivity contribution in [1.82, 2.24) is 10.3 Å². The Bertz CT molecular complexity index is 1650. The van der Waals surface area contributed by atoms with Crippen LogP contribution in [-0.4, -0.2) is 30.1 Å². The fourth-order valence-electron chi connectivity index (χ4n) is 5.78. The van der Waals surface area contributed by atoms with Gasteiger partial charge < -0.3 is 4.74 Å². The van der Waals surface area contributed by atoms with E-state index < -0.39 is 0 Å². The van der Waals surface area contributed by atoms with Crippen molar-refractivity contribution in [1.29, 1.82) is 0 Å². The SMILES string of the molecule is O=C(N/N=C\c1ccc(OCc2cccc3ccccc23)cc1)c1ccc(CN2CCC(Cc3ccccc3)CC2)cc1. The quantitative estimate of drug-likeness (QED) is 0.139. The highest BCUT2D eigenvalue weighted by Crippen LogP contribution is 2.23. The van der Waals surface area contributed by atoms with Crippen molar-refractivity contribution in [3.8, 4) is 5.75 Å². The maximum atomic E-state index is 12.6. The minimum atomic E-state index is -0.223. The molecule has 0 saturated carbocycles. The van der Waals surface area contributed by atoms with E-state index in [9.17, 15) is 4.79 Å². The van der Waals surface area contributed by atoms with Gasteiger partial charge in [0.25, 0.3) is 5.91 Å². The number of hydrogen-bond donors (Lipinski definition) is 1. The molecule has 1 N–H and O–H groups in total. The largest absolute Gasteiger partial charge is 0.489 e. The highest BCUT2D eigenvalue weighted by molar-refractivity contribution is 5.94. The van der Waals surface area contributed by atoms with Crippen LogP contribution in [0.15, 0.2) is 126 Å². The molecule has 216 valence electrons. The molecule has 1 heterocycles. The van der Waals surface area contributed by atoms with E-state index in [4.69, 9.17) is 4.74 Å². The second-order valence-corrected chi connectivity index (χ2v) is 11.3. The zero-order chi connectivity index (χ0) is 29.3. The van der Waals surface area contributed by atoms with Gasteiger partial charge in [0.05, 0.1) is 6.21 Å². The van der Waals surface area contributed by atoms with Gasteiger partial charge in [0, 0.05) is 12.1 Å². The monoisotopic (exact) mass is 567 g/mol. The summed E-state index contributed by atoms with van der Waals surface area (Å²) in [5.41, 5.74) is 7.93. The Morgan fingerprint density at radius 3 is 2.30 bits per heavy atom. The van der Waals surface area contributed by atoms with E-state index in [0.717, 1.165) is 42.4 Å². The van der Waals surface area contributed by atoms with E-state index in [1.807, 2.05) is 60.7 Å². The number of hydrazone groups is 1. The van der Waals surface area contributed by atoms with Gasteiger partial charge in [0.1, 0.15) is 12.4 Å². The number of piperidine rings is 1. The lowest BCUT2D eigenvalue weighted by Crippen LogP contribution is -2.33. The molecule has 5 heteroatoms. The fourth-order valence-corrected chi connectivity index (χ4v) is 5.78. The summed E-state index contributed by atoms with van der Waals surface area (Å²) in [6.45, 7) is 3.65. The van der Waals surface area contributed by atoms with Crippen molar-refractivity contribution in [3.63, 3.8) is 0 Å². The summed E-state index contributed by atoms with van der Waals surface area (Å²) < 4.78 is 6.02. The summed E-state index contributed by atoms with van der Waals surface area (Å²) >= 11 is 0. The van der Waals surface area contributed by atoms with Crippen molar-refractivity contribution in [3.05, 3.63) is 149 Å². The van der Waals surface area contributed by atoms with Crippen LogP contribution in [-0.2, 0) is 19.6 Å². The molecule has 0 radical (unpaired) electrons. The van der Waals surface area contributed by atoms with E-state index in [2.05, 4.69) is 76.1 Å². The number of ether oxygens (including phenoxy) is 1. The topological polar surface area (TPSA) is 53.9 Å². The van der Waals surface area contributed by atoms with Gasteiger partial charge in [-0.1, -0.05) is 84.9 Å². The zero-order valence-corrected chi connectivity index (χ0v) is 24.4. The Morgan fingerprint density at radius 1 is 0.791 bits per heavy atom. The van der Waals surface area contributed by atoms with Crippen LogP contribution in [0.25, 0.3) is 10.8 Å². The summed E-state index contributed by atoms with van der Waals surface area (Å²) in [7, 11) is 0. The van der Waals surface area contributed by atoms with Gasteiger partial charge in [0.2, 0.25) is 0 Å². The molecular weight excluding hydrogens is 530 g/mol. The number of nitrogens with zero attached hydrogens (tertiary/aromatic N) is 2. The first-order chi connectivity index (χ1) is 21.2. The normalized spacial score (nSPS) is 14.2. The van der Waals surface area contributed by atoms with Crippen LogP contribution < -0.4 is 10.2 Å². The van der Waals surface area contributed by atoms with Gasteiger partial charge in [-0.2, -0.15) is 5.10 Å². The third kappa shape index (κ3) is 7.76. The van der Waals surface area contributed by atoms with E-state index in [1.54, 1.807) is 6.21 Å². The molecule has 1 amide bonds. The molecule has 5 nitrogen and oxygen atoms in total. The molecule has 1 fully saturated rings. The zero-order valence-electron chi connectivity index (χ0n) is 24.4. The smallest absolute Gasteiger partial charge is 0.271 e. The van der Waals surface area contributed by atoms with Gasteiger partial charge in [-0.15, -0.1) is 0 Å². The minimum absolute atomic E-state index is 0.223. The lowest BCUT2D eigenvalue weighted by Gasteiger charge is -2.32. The number of amides is 1.